The predicted molar refractivity (Wildman–Crippen MR) is 63.9 cm³/mol. The van der Waals surface area contributed by atoms with Crippen molar-refractivity contribution in [3.05, 3.63) is 30.1 Å². The molecule has 2 unspecified atom stereocenters. The maximum Gasteiger partial charge on any atom is 0.146 e. The van der Waals surface area contributed by atoms with E-state index in [2.05, 4.69) is 5.32 Å². The smallest absolute Gasteiger partial charge is 0.146 e. The highest BCUT2D eigenvalue weighted by atomic mass is 19.1. The summed E-state index contributed by atoms with van der Waals surface area (Å²) in [6.45, 7) is 3.07. The van der Waals surface area contributed by atoms with Gasteiger partial charge in [-0.25, -0.2) is 4.39 Å². The van der Waals surface area contributed by atoms with Gasteiger partial charge in [-0.1, -0.05) is 19.1 Å². The van der Waals surface area contributed by atoms with Gasteiger partial charge in [0.1, 0.15) is 5.82 Å². The second-order valence-electron chi connectivity index (χ2n) is 3.90. The summed E-state index contributed by atoms with van der Waals surface area (Å²) in [5, 5.41) is 3.10. The van der Waals surface area contributed by atoms with Crippen molar-refractivity contribution in [1.29, 1.82) is 0 Å². The molecule has 0 aliphatic carbocycles. The minimum absolute atomic E-state index is 0.0110. The van der Waals surface area contributed by atoms with E-state index < -0.39 is 0 Å². The first kappa shape index (κ1) is 12.9. The third-order valence-corrected chi connectivity index (χ3v) is 2.59. The number of nitrogens with two attached hydrogens (primary N) is 1. The molecule has 1 aromatic carbocycles. The Labute approximate surface area is 95.8 Å². The number of ether oxygens (including phenoxy) is 1. The Morgan fingerprint density at radius 2 is 2.12 bits per heavy atom. The normalized spacial score (nSPS) is 14.5. The molecule has 16 heavy (non-hydrogen) atoms. The molecule has 0 bridgehead atoms. The molecule has 0 aliphatic rings. The summed E-state index contributed by atoms with van der Waals surface area (Å²) in [4.78, 5) is 0. The molecule has 0 amide bonds. The van der Waals surface area contributed by atoms with Gasteiger partial charge in [0.05, 0.1) is 12.3 Å². The average Bonchev–Trinajstić information content (AvgIpc) is 2.28. The highest BCUT2D eigenvalue weighted by Gasteiger charge is 2.16. The summed E-state index contributed by atoms with van der Waals surface area (Å²) >= 11 is 0. The Morgan fingerprint density at radius 1 is 1.44 bits per heavy atom. The van der Waals surface area contributed by atoms with E-state index >= 15 is 0 Å². The van der Waals surface area contributed by atoms with Crippen molar-refractivity contribution >= 4 is 5.69 Å². The van der Waals surface area contributed by atoms with E-state index in [1.165, 1.54) is 6.07 Å². The monoisotopic (exact) mass is 226 g/mol. The van der Waals surface area contributed by atoms with E-state index in [0.717, 1.165) is 0 Å². The van der Waals surface area contributed by atoms with Crippen LogP contribution in [0, 0.1) is 11.7 Å². The molecule has 4 heteroatoms. The van der Waals surface area contributed by atoms with Gasteiger partial charge in [-0.05, 0) is 12.1 Å². The molecule has 0 saturated heterocycles. The topological polar surface area (TPSA) is 47.3 Å². The highest BCUT2D eigenvalue weighted by Crippen LogP contribution is 2.16. The second-order valence-corrected chi connectivity index (χ2v) is 3.90. The first-order chi connectivity index (χ1) is 7.69. The molecule has 0 aromatic heterocycles. The van der Waals surface area contributed by atoms with Crippen LogP contribution in [0.2, 0.25) is 0 Å². The minimum Gasteiger partial charge on any atom is -0.384 e. The summed E-state index contributed by atoms with van der Waals surface area (Å²) in [6, 6.07) is 6.60. The minimum atomic E-state index is -0.259. The van der Waals surface area contributed by atoms with Gasteiger partial charge in [-0.3, -0.25) is 0 Å². The number of halogens is 1. The van der Waals surface area contributed by atoms with Crippen molar-refractivity contribution < 1.29 is 9.13 Å². The third kappa shape index (κ3) is 3.47. The van der Waals surface area contributed by atoms with Crippen molar-refractivity contribution in [1.82, 2.24) is 0 Å². The molecule has 3 nitrogen and oxygen atoms in total. The molecule has 0 heterocycles. The number of hydrogen-bond acceptors (Lipinski definition) is 3. The van der Waals surface area contributed by atoms with Crippen LogP contribution in [0.4, 0.5) is 10.1 Å². The number of para-hydroxylation sites is 1. The number of anilines is 1. The maximum absolute atomic E-state index is 13.4. The fourth-order valence-corrected chi connectivity index (χ4v) is 1.59. The zero-order valence-corrected chi connectivity index (χ0v) is 9.74. The third-order valence-electron chi connectivity index (χ3n) is 2.59. The van der Waals surface area contributed by atoms with Crippen LogP contribution in [-0.2, 0) is 4.74 Å². The molecule has 90 valence electrons. The highest BCUT2D eigenvalue weighted by molar-refractivity contribution is 5.45. The van der Waals surface area contributed by atoms with Crippen LogP contribution in [0.25, 0.3) is 0 Å². The van der Waals surface area contributed by atoms with Crippen molar-refractivity contribution in [3.8, 4) is 0 Å². The molecule has 0 radical (unpaired) electrons. The number of nitrogens with one attached hydrogen (secondary N) is 1. The Balaban J connectivity index is 2.66. The largest absolute Gasteiger partial charge is 0.384 e. The van der Waals surface area contributed by atoms with Crippen LogP contribution in [0.3, 0.4) is 0 Å². The van der Waals surface area contributed by atoms with Crippen LogP contribution in [0.5, 0.6) is 0 Å². The number of benzene rings is 1. The molecule has 0 aliphatic heterocycles. The molecule has 3 N–H and O–H groups in total. The Morgan fingerprint density at radius 3 is 2.69 bits per heavy atom. The first-order valence-corrected chi connectivity index (χ1v) is 5.39. The van der Waals surface area contributed by atoms with Crippen molar-refractivity contribution in [3.63, 3.8) is 0 Å². The molecule has 0 spiro atoms. The molecule has 2 atom stereocenters. The number of methoxy groups -OCH3 is 1. The van der Waals surface area contributed by atoms with Gasteiger partial charge >= 0.3 is 0 Å². The van der Waals surface area contributed by atoms with Gasteiger partial charge in [0.25, 0.3) is 0 Å². The Kier molecular flexibility index (Phi) is 5.22. The number of rotatable bonds is 6. The first-order valence-electron chi connectivity index (χ1n) is 5.39. The van der Waals surface area contributed by atoms with Crippen LogP contribution in [0.15, 0.2) is 24.3 Å². The molecular formula is C12H19FN2O. The molecular weight excluding hydrogens is 207 g/mol. The second kappa shape index (κ2) is 6.45. The lowest BCUT2D eigenvalue weighted by Gasteiger charge is -2.24. The van der Waals surface area contributed by atoms with E-state index in [9.17, 15) is 4.39 Å². The SMILES string of the molecule is COCC(C)C(CN)Nc1ccccc1F. The lowest BCUT2D eigenvalue weighted by molar-refractivity contribution is 0.151. The van der Waals surface area contributed by atoms with E-state index in [0.29, 0.717) is 18.8 Å². The average molecular weight is 226 g/mol. The standard InChI is InChI=1S/C12H19FN2O/c1-9(8-16-2)12(7-14)15-11-6-4-3-5-10(11)13/h3-6,9,12,15H,7-8,14H2,1-2H3. The van der Waals surface area contributed by atoms with Gasteiger partial charge in [-0.2, -0.15) is 0 Å². The maximum atomic E-state index is 13.4. The summed E-state index contributed by atoms with van der Waals surface area (Å²) in [6.07, 6.45) is 0. The molecule has 0 fully saturated rings. The van der Waals surface area contributed by atoms with Crippen LogP contribution >= 0.6 is 0 Å². The quantitative estimate of drug-likeness (QED) is 0.778. The van der Waals surface area contributed by atoms with Crippen LogP contribution in [0.1, 0.15) is 6.92 Å². The zero-order chi connectivity index (χ0) is 12.0. The van der Waals surface area contributed by atoms with Crippen molar-refractivity contribution in [2.45, 2.75) is 13.0 Å². The van der Waals surface area contributed by atoms with E-state index in [4.69, 9.17) is 10.5 Å². The fraction of sp³-hybridized carbons (Fsp3) is 0.500. The summed E-state index contributed by atoms with van der Waals surface area (Å²) in [5.41, 5.74) is 6.15. The zero-order valence-electron chi connectivity index (χ0n) is 9.74. The van der Waals surface area contributed by atoms with E-state index in [1.54, 1.807) is 25.3 Å². The van der Waals surface area contributed by atoms with E-state index in [1.807, 2.05) is 6.92 Å². The molecule has 1 aromatic rings. The summed E-state index contributed by atoms with van der Waals surface area (Å²) in [5.74, 6) is -0.0276. The summed E-state index contributed by atoms with van der Waals surface area (Å²) in [7, 11) is 1.65. The van der Waals surface area contributed by atoms with Gasteiger partial charge in [0.15, 0.2) is 0 Å². The van der Waals surface area contributed by atoms with Gasteiger partial charge in [-0.15, -0.1) is 0 Å². The fourth-order valence-electron chi connectivity index (χ4n) is 1.59. The predicted octanol–water partition coefficient (Wildman–Crippen LogP) is 1.85. The van der Waals surface area contributed by atoms with Gasteiger partial charge in [0.2, 0.25) is 0 Å². The summed E-state index contributed by atoms with van der Waals surface area (Å²) < 4.78 is 18.5. The molecule has 1 rings (SSSR count). The number of hydrogen-bond donors (Lipinski definition) is 2. The lowest BCUT2D eigenvalue weighted by atomic mass is 10.0. The van der Waals surface area contributed by atoms with Crippen molar-refractivity contribution in [2.24, 2.45) is 11.7 Å². The van der Waals surface area contributed by atoms with E-state index in [-0.39, 0.29) is 17.8 Å². The van der Waals surface area contributed by atoms with Crippen molar-refractivity contribution in [2.75, 3.05) is 25.6 Å². The van der Waals surface area contributed by atoms with Crippen LogP contribution in [-0.4, -0.2) is 26.3 Å². The van der Waals surface area contributed by atoms with Gasteiger partial charge < -0.3 is 15.8 Å². The Bertz CT molecular complexity index is 320. The molecule has 0 saturated carbocycles. The Hall–Kier alpha value is -1.13. The van der Waals surface area contributed by atoms with Gasteiger partial charge in [0, 0.05) is 25.6 Å². The van der Waals surface area contributed by atoms with Crippen LogP contribution < -0.4 is 11.1 Å². The lowest BCUT2D eigenvalue weighted by Crippen LogP contribution is -2.37.